The van der Waals surface area contributed by atoms with Crippen LogP contribution in [0.4, 0.5) is 0 Å². The molecule has 0 N–H and O–H groups in total. The van der Waals surface area contributed by atoms with E-state index in [9.17, 15) is 0 Å². The lowest BCUT2D eigenvalue weighted by molar-refractivity contribution is 0.357. The van der Waals surface area contributed by atoms with Crippen LogP contribution in [0, 0.1) is 0 Å². The minimum absolute atomic E-state index is 0.833. The first-order valence-electron chi connectivity index (χ1n) is 4.78. The fourth-order valence-corrected chi connectivity index (χ4v) is 1.78. The average Bonchev–Trinajstić information content (AvgIpc) is 2.64. The molecule has 2 rings (SSSR count). The summed E-state index contributed by atoms with van der Waals surface area (Å²) in [6.07, 6.45) is 3.25. The smallest absolute Gasteiger partial charge is 0.122 e. The molecule has 2 heteroatoms. The molecule has 0 bridgehead atoms. The second-order valence-corrected chi connectivity index (χ2v) is 4.15. The van der Waals surface area contributed by atoms with Crippen molar-refractivity contribution in [3.63, 3.8) is 0 Å². The van der Waals surface area contributed by atoms with E-state index in [4.69, 9.17) is 4.74 Å². The standard InChI is InChI=1S/C12H13BrO/c1-9(8-13)6-10-2-3-12-11(7-10)4-5-14-12/h2-3,6-7H,4-5,8H2,1H3. The van der Waals surface area contributed by atoms with Crippen molar-refractivity contribution in [2.75, 3.05) is 11.9 Å². The average molecular weight is 253 g/mol. The van der Waals surface area contributed by atoms with Gasteiger partial charge in [-0.25, -0.2) is 0 Å². The van der Waals surface area contributed by atoms with Gasteiger partial charge < -0.3 is 4.74 Å². The van der Waals surface area contributed by atoms with E-state index in [0.717, 1.165) is 24.1 Å². The van der Waals surface area contributed by atoms with Gasteiger partial charge in [-0.2, -0.15) is 0 Å². The molecule has 0 atom stereocenters. The number of halogens is 1. The van der Waals surface area contributed by atoms with Gasteiger partial charge in [0.05, 0.1) is 6.61 Å². The Balaban J connectivity index is 2.29. The molecule has 1 nitrogen and oxygen atoms in total. The van der Waals surface area contributed by atoms with Crippen molar-refractivity contribution in [2.24, 2.45) is 0 Å². The molecule has 0 unspecified atom stereocenters. The van der Waals surface area contributed by atoms with Crippen LogP contribution in [0.15, 0.2) is 23.8 Å². The highest BCUT2D eigenvalue weighted by atomic mass is 79.9. The Morgan fingerprint density at radius 1 is 1.57 bits per heavy atom. The molecule has 74 valence electrons. The third-order valence-corrected chi connectivity index (χ3v) is 3.22. The number of alkyl halides is 1. The van der Waals surface area contributed by atoms with Gasteiger partial charge in [0.15, 0.2) is 0 Å². The monoisotopic (exact) mass is 252 g/mol. The van der Waals surface area contributed by atoms with Crippen molar-refractivity contribution in [2.45, 2.75) is 13.3 Å². The van der Waals surface area contributed by atoms with Crippen molar-refractivity contribution < 1.29 is 4.74 Å². The first-order valence-corrected chi connectivity index (χ1v) is 5.90. The van der Waals surface area contributed by atoms with Gasteiger partial charge in [0.1, 0.15) is 5.75 Å². The summed E-state index contributed by atoms with van der Waals surface area (Å²) in [6.45, 7) is 2.96. The lowest BCUT2D eigenvalue weighted by Crippen LogP contribution is -1.85. The Labute approximate surface area is 92.9 Å². The maximum atomic E-state index is 5.45. The highest BCUT2D eigenvalue weighted by Crippen LogP contribution is 2.26. The molecule has 0 spiro atoms. The number of allylic oxidation sites excluding steroid dienone is 1. The first kappa shape index (κ1) is 9.78. The van der Waals surface area contributed by atoms with E-state index in [1.807, 2.05) is 0 Å². The lowest BCUT2D eigenvalue weighted by atomic mass is 10.1. The Kier molecular flexibility index (Phi) is 2.92. The molecule has 14 heavy (non-hydrogen) atoms. The topological polar surface area (TPSA) is 9.23 Å². The summed E-state index contributed by atoms with van der Waals surface area (Å²) in [5, 5.41) is 0.931. The molecule has 0 saturated heterocycles. The summed E-state index contributed by atoms with van der Waals surface area (Å²) in [7, 11) is 0. The molecule has 1 heterocycles. The number of hydrogen-bond donors (Lipinski definition) is 0. The van der Waals surface area contributed by atoms with E-state index in [1.165, 1.54) is 16.7 Å². The van der Waals surface area contributed by atoms with Gasteiger partial charge in [-0.3, -0.25) is 0 Å². The Bertz CT molecular complexity index is 369. The van der Waals surface area contributed by atoms with Crippen molar-refractivity contribution in [1.82, 2.24) is 0 Å². The zero-order chi connectivity index (χ0) is 9.97. The maximum absolute atomic E-state index is 5.45. The summed E-state index contributed by atoms with van der Waals surface area (Å²) in [4.78, 5) is 0. The highest BCUT2D eigenvalue weighted by Gasteiger charge is 2.10. The van der Waals surface area contributed by atoms with Crippen LogP contribution in [0.3, 0.4) is 0 Å². The quantitative estimate of drug-likeness (QED) is 0.734. The van der Waals surface area contributed by atoms with Crippen LogP contribution < -0.4 is 4.74 Å². The van der Waals surface area contributed by atoms with Gasteiger partial charge in [0, 0.05) is 11.8 Å². The minimum Gasteiger partial charge on any atom is -0.493 e. The zero-order valence-corrected chi connectivity index (χ0v) is 9.80. The molecular weight excluding hydrogens is 240 g/mol. The molecule has 0 aromatic heterocycles. The Morgan fingerprint density at radius 2 is 2.43 bits per heavy atom. The molecule has 1 aliphatic rings. The number of hydrogen-bond acceptors (Lipinski definition) is 1. The van der Waals surface area contributed by atoms with Crippen LogP contribution in [0.5, 0.6) is 5.75 Å². The van der Waals surface area contributed by atoms with Crippen molar-refractivity contribution in [3.05, 3.63) is 34.9 Å². The third kappa shape index (κ3) is 2.01. The fraction of sp³-hybridized carbons (Fsp3) is 0.333. The Morgan fingerprint density at radius 3 is 3.21 bits per heavy atom. The van der Waals surface area contributed by atoms with E-state index in [-0.39, 0.29) is 0 Å². The molecular formula is C12H13BrO. The molecule has 0 aliphatic carbocycles. The largest absolute Gasteiger partial charge is 0.493 e. The maximum Gasteiger partial charge on any atom is 0.122 e. The van der Waals surface area contributed by atoms with Gasteiger partial charge >= 0.3 is 0 Å². The second kappa shape index (κ2) is 4.18. The SMILES string of the molecule is CC(=Cc1ccc2c(c1)CCO2)CBr. The summed E-state index contributed by atoms with van der Waals surface area (Å²) >= 11 is 3.44. The molecule has 1 aliphatic heterocycles. The molecule has 0 radical (unpaired) electrons. The minimum atomic E-state index is 0.833. The van der Waals surface area contributed by atoms with Crippen molar-refractivity contribution in [1.29, 1.82) is 0 Å². The predicted molar refractivity (Wildman–Crippen MR) is 63.1 cm³/mol. The molecule has 0 amide bonds. The summed E-state index contributed by atoms with van der Waals surface area (Å²) in [5.74, 6) is 1.05. The van der Waals surface area contributed by atoms with Gasteiger partial charge in [-0.1, -0.05) is 33.6 Å². The number of rotatable bonds is 2. The van der Waals surface area contributed by atoms with Crippen LogP contribution in [0.2, 0.25) is 0 Å². The van der Waals surface area contributed by atoms with E-state index in [0.29, 0.717) is 0 Å². The van der Waals surface area contributed by atoms with Crippen LogP contribution in [-0.4, -0.2) is 11.9 Å². The van der Waals surface area contributed by atoms with Gasteiger partial charge in [-0.05, 0) is 30.2 Å². The van der Waals surface area contributed by atoms with E-state index in [2.05, 4.69) is 47.1 Å². The lowest BCUT2D eigenvalue weighted by Gasteiger charge is -2.00. The second-order valence-electron chi connectivity index (χ2n) is 3.59. The summed E-state index contributed by atoms with van der Waals surface area (Å²) in [5.41, 5.74) is 3.94. The zero-order valence-electron chi connectivity index (χ0n) is 8.22. The van der Waals surface area contributed by atoms with Crippen LogP contribution in [-0.2, 0) is 6.42 Å². The number of benzene rings is 1. The van der Waals surface area contributed by atoms with Crippen LogP contribution in [0.1, 0.15) is 18.1 Å². The molecule has 1 aromatic rings. The summed E-state index contributed by atoms with van der Waals surface area (Å²) in [6, 6.07) is 6.39. The van der Waals surface area contributed by atoms with Crippen LogP contribution >= 0.6 is 15.9 Å². The number of ether oxygens (including phenoxy) is 1. The van der Waals surface area contributed by atoms with Gasteiger partial charge in [-0.15, -0.1) is 0 Å². The van der Waals surface area contributed by atoms with Gasteiger partial charge in [0.25, 0.3) is 0 Å². The van der Waals surface area contributed by atoms with Gasteiger partial charge in [0.2, 0.25) is 0 Å². The van der Waals surface area contributed by atoms with E-state index >= 15 is 0 Å². The molecule has 0 saturated carbocycles. The first-order chi connectivity index (χ1) is 6.79. The van der Waals surface area contributed by atoms with Crippen molar-refractivity contribution in [3.8, 4) is 5.75 Å². The normalized spacial score (nSPS) is 15.1. The Hall–Kier alpha value is -0.760. The van der Waals surface area contributed by atoms with Crippen LogP contribution in [0.25, 0.3) is 6.08 Å². The number of fused-ring (bicyclic) bond motifs is 1. The molecule has 0 fully saturated rings. The summed E-state index contributed by atoms with van der Waals surface area (Å²) < 4.78 is 5.45. The fourth-order valence-electron chi connectivity index (χ4n) is 1.62. The van der Waals surface area contributed by atoms with E-state index in [1.54, 1.807) is 0 Å². The van der Waals surface area contributed by atoms with E-state index < -0.39 is 0 Å². The van der Waals surface area contributed by atoms with Crippen molar-refractivity contribution >= 4 is 22.0 Å². The predicted octanol–water partition coefficient (Wildman–Crippen LogP) is 3.42. The molecule has 1 aromatic carbocycles. The highest BCUT2D eigenvalue weighted by molar-refractivity contribution is 9.09. The third-order valence-electron chi connectivity index (χ3n) is 2.34.